The number of benzene rings is 2. The van der Waals surface area contributed by atoms with Gasteiger partial charge >= 0.3 is 24.1 Å². The molecule has 3 N–H and O–H groups in total. The summed E-state index contributed by atoms with van der Waals surface area (Å²) in [7, 11) is 1.26. The number of hydrogen-bond donors (Lipinski definition) is 2. The largest absolute Gasteiger partial charge is 0.467 e. The van der Waals surface area contributed by atoms with Gasteiger partial charge in [-0.2, -0.15) is 0 Å². The summed E-state index contributed by atoms with van der Waals surface area (Å²) in [5.41, 5.74) is 6.35. The van der Waals surface area contributed by atoms with Crippen molar-refractivity contribution in [2.75, 3.05) is 26.7 Å². The van der Waals surface area contributed by atoms with E-state index in [1.54, 1.807) is 41.5 Å². The fourth-order valence-electron chi connectivity index (χ4n) is 6.20. The van der Waals surface area contributed by atoms with Gasteiger partial charge in [0.1, 0.15) is 17.2 Å². The summed E-state index contributed by atoms with van der Waals surface area (Å²) in [6.45, 7) is 11.7. The molecule has 0 saturated heterocycles. The van der Waals surface area contributed by atoms with Crippen molar-refractivity contribution in [2.45, 2.75) is 123 Å². The zero-order valence-corrected chi connectivity index (χ0v) is 32.9. The standard InChI is InChI=1S/C41H60N4O8/c1-9-10-25-44(37(49)43-33(35(47)51-8)26-29-19-21-31(22-20-29)30-17-13-11-14-18-30)27-32(34(46)52-39(2,3)4)28-45(38(50)53-40(5,6)7)36(48)41(42)23-15-12-16-24-41/h11,13-14,17-22,32-33H,9-10,12,15-16,23-28,42H2,1-8H3,(H,43,49)/t32-,33+/m1/s1. The number of carbonyl (C=O) groups is 5. The summed E-state index contributed by atoms with van der Waals surface area (Å²) >= 11 is 0. The first-order valence-corrected chi connectivity index (χ1v) is 18.7. The molecule has 0 bridgehead atoms. The summed E-state index contributed by atoms with van der Waals surface area (Å²) in [6, 6.07) is 15.9. The maximum absolute atomic E-state index is 14.1. The van der Waals surface area contributed by atoms with Crippen molar-refractivity contribution in [1.82, 2.24) is 15.1 Å². The average Bonchev–Trinajstić information content (AvgIpc) is 3.09. The number of nitrogens with one attached hydrogen (secondary N) is 1. The molecule has 1 saturated carbocycles. The molecule has 0 aromatic heterocycles. The summed E-state index contributed by atoms with van der Waals surface area (Å²) < 4.78 is 16.5. The quantitative estimate of drug-likeness (QED) is 0.160. The van der Waals surface area contributed by atoms with E-state index < -0.39 is 65.2 Å². The SMILES string of the molecule is CCCCN(C[C@H](CN(C(=O)OC(C)(C)C)C(=O)C1(N)CCCCC1)C(=O)OC(C)(C)C)C(=O)N[C@@H](Cc1ccc(-c2ccccc2)cc1)C(=O)OC. The molecule has 0 radical (unpaired) electrons. The van der Waals surface area contributed by atoms with Crippen LogP contribution in [0, 0.1) is 5.92 Å². The predicted octanol–water partition coefficient (Wildman–Crippen LogP) is 6.63. The molecule has 0 unspecified atom stereocenters. The van der Waals surface area contributed by atoms with Gasteiger partial charge in [-0.15, -0.1) is 0 Å². The Morgan fingerprint density at radius 3 is 1.94 bits per heavy atom. The number of carbonyl (C=O) groups excluding carboxylic acids is 5. The number of rotatable bonds is 14. The molecule has 2 aromatic rings. The Bertz CT molecular complexity index is 1530. The van der Waals surface area contributed by atoms with Gasteiger partial charge in [-0.25, -0.2) is 19.3 Å². The number of urea groups is 1. The van der Waals surface area contributed by atoms with Gasteiger partial charge in [0, 0.05) is 26.1 Å². The first kappa shape index (κ1) is 43.0. The van der Waals surface area contributed by atoms with Crippen molar-refractivity contribution in [3.8, 4) is 11.1 Å². The molecular weight excluding hydrogens is 676 g/mol. The van der Waals surface area contributed by atoms with E-state index in [0.717, 1.165) is 47.3 Å². The Balaban J connectivity index is 1.93. The molecule has 2 aromatic carbocycles. The van der Waals surface area contributed by atoms with Gasteiger partial charge in [0.05, 0.1) is 18.6 Å². The van der Waals surface area contributed by atoms with E-state index in [4.69, 9.17) is 19.9 Å². The minimum atomic E-state index is -1.31. The van der Waals surface area contributed by atoms with Crippen LogP contribution in [0.2, 0.25) is 0 Å². The Kier molecular flexibility index (Phi) is 15.4. The van der Waals surface area contributed by atoms with Gasteiger partial charge in [-0.05, 0) is 77.5 Å². The second-order valence-electron chi connectivity index (χ2n) is 15.9. The second kappa shape index (κ2) is 19.0. The van der Waals surface area contributed by atoms with Crippen molar-refractivity contribution < 1.29 is 38.2 Å². The number of amides is 4. The molecule has 3 rings (SSSR count). The van der Waals surface area contributed by atoms with E-state index in [1.807, 2.05) is 61.5 Å². The van der Waals surface area contributed by atoms with Crippen LogP contribution in [-0.4, -0.2) is 89.3 Å². The lowest BCUT2D eigenvalue weighted by atomic mass is 9.81. The highest BCUT2D eigenvalue weighted by Crippen LogP contribution is 2.29. The lowest BCUT2D eigenvalue weighted by Gasteiger charge is -2.38. The first-order chi connectivity index (χ1) is 24.9. The molecule has 0 heterocycles. The van der Waals surface area contributed by atoms with Crippen molar-refractivity contribution in [3.05, 3.63) is 60.2 Å². The van der Waals surface area contributed by atoms with Gasteiger partial charge in [-0.1, -0.05) is 87.2 Å². The van der Waals surface area contributed by atoms with Crippen LogP contribution in [0.3, 0.4) is 0 Å². The third-order valence-electron chi connectivity index (χ3n) is 8.97. The number of nitrogens with two attached hydrogens (primary N) is 1. The maximum Gasteiger partial charge on any atom is 0.417 e. The predicted molar refractivity (Wildman–Crippen MR) is 204 cm³/mol. The molecular formula is C41H60N4O8. The molecule has 2 atom stereocenters. The summed E-state index contributed by atoms with van der Waals surface area (Å²) in [4.78, 5) is 71.1. The zero-order chi connectivity index (χ0) is 39.4. The van der Waals surface area contributed by atoms with Crippen LogP contribution >= 0.6 is 0 Å². The number of hydrogen-bond acceptors (Lipinski definition) is 9. The van der Waals surface area contributed by atoms with Gasteiger partial charge in [0.15, 0.2) is 0 Å². The summed E-state index contributed by atoms with van der Waals surface area (Å²) in [6.07, 6.45) is 3.68. The Labute approximate surface area is 315 Å². The van der Waals surface area contributed by atoms with Crippen LogP contribution in [0.1, 0.15) is 99.0 Å². The molecule has 12 heteroatoms. The van der Waals surface area contributed by atoms with Crippen molar-refractivity contribution >= 4 is 30.0 Å². The Morgan fingerprint density at radius 1 is 0.811 bits per heavy atom. The molecule has 0 aliphatic heterocycles. The normalized spacial score (nSPS) is 15.3. The minimum absolute atomic E-state index is 0.157. The van der Waals surface area contributed by atoms with Crippen LogP contribution in [0.15, 0.2) is 54.6 Å². The number of esters is 2. The molecule has 1 aliphatic rings. The van der Waals surface area contributed by atoms with Gasteiger partial charge < -0.3 is 30.2 Å². The number of nitrogens with zero attached hydrogens (tertiary/aromatic N) is 2. The maximum atomic E-state index is 14.1. The van der Waals surface area contributed by atoms with Crippen LogP contribution in [0.5, 0.6) is 0 Å². The molecule has 292 valence electrons. The number of imide groups is 1. The monoisotopic (exact) mass is 736 g/mol. The highest BCUT2D eigenvalue weighted by molar-refractivity contribution is 5.98. The molecule has 1 aliphatic carbocycles. The molecule has 1 fully saturated rings. The molecule has 12 nitrogen and oxygen atoms in total. The van der Waals surface area contributed by atoms with Crippen LogP contribution in [-0.2, 0) is 35.0 Å². The average molecular weight is 737 g/mol. The summed E-state index contributed by atoms with van der Waals surface area (Å²) in [5.74, 6) is -3.13. The van der Waals surface area contributed by atoms with E-state index >= 15 is 0 Å². The molecule has 53 heavy (non-hydrogen) atoms. The van der Waals surface area contributed by atoms with Crippen molar-refractivity contribution in [2.24, 2.45) is 11.7 Å². The highest BCUT2D eigenvalue weighted by Gasteiger charge is 2.44. The number of ether oxygens (including phenoxy) is 3. The third kappa shape index (κ3) is 13.5. The van der Waals surface area contributed by atoms with E-state index in [1.165, 1.54) is 12.0 Å². The van der Waals surface area contributed by atoms with Crippen molar-refractivity contribution in [3.63, 3.8) is 0 Å². The lowest BCUT2D eigenvalue weighted by Crippen LogP contribution is -2.60. The zero-order valence-electron chi connectivity index (χ0n) is 32.9. The smallest absolute Gasteiger partial charge is 0.417 e. The van der Waals surface area contributed by atoms with Gasteiger partial charge in [-0.3, -0.25) is 9.59 Å². The van der Waals surface area contributed by atoms with E-state index in [-0.39, 0.29) is 19.5 Å². The molecule has 4 amide bonds. The lowest BCUT2D eigenvalue weighted by molar-refractivity contribution is -0.161. The van der Waals surface area contributed by atoms with Gasteiger partial charge in [0.2, 0.25) is 0 Å². The highest BCUT2D eigenvalue weighted by atomic mass is 16.6. The molecule has 0 spiro atoms. The Hall–Kier alpha value is -4.45. The third-order valence-corrected chi connectivity index (χ3v) is 8.97. The van der Waals surface area contributed by atoms with Crippen LogP contribution in [0.25, 0.3) is 11.1 Å². The fraction of sp³-hybridized carbons (Fsp3) is 0.585. The Morgan fingerprint density at radius 2 is 1.40 bits per heavy atom. The topological polar surface area (TPSA) is 158 Å². The van der Waals surface area contributed by atoms with Gasteiger partial charge in [0.25, 0.3) is 5.91 Å². The second-order valence-corrected chi connectivity index (χ2v) is 15.9. The fourth-order valence-corrected chi connectivity index (χ4v) is 6.20. The number of methoxy groups -OCH3 is 1. The van der Waals surface area contributed by atoms with E-state index in [9.17, 15) is 24.0 Å². The summed E-state index contributed by atoms with van der Waals surface area (Å²) in [5, 5.41) is 2.82. The van der Waals surface area contributed by atoms with E-state index in [0.29, 0.717) is 19.3 Å². The van der Waals surface area contributed by atoms with E-state index in [2.05, 4.69) is 5.32 Å². The number of unbranched alkanes of at least 4 members (excludes halogenated alkanes) is 1. The van der Waals surface area contributed by atoms with Crippen LogP contribution < -0.4 is 11.1 Å². The first-order valence-electron chi connectivity index (χ1n) is 18.7. The minimum Gasteiger partial charge on any atom is -0.467 e. The van der Waals surface area contributed by atoms with Crippen molar-refractivity contribution in [1.29, 1.82) is 0 Å². The van der Waals surface area contributed by atoms with Crippen LogP contribution in [0.4, 0.5) is 9.59 Å².